The highest BCUT2D eigenvalue weighted by Crippen LogP contribution is 2.13. The first kappa shape index (κ1) is 10.4. The lowest BCUT2D eigenvalue weighted by molar-refractivity contribution is 1.17. The molecule has 0 nitrogen and oxygen atoms in total. The normalized spacial score (nSPS) is 10.2. The molecule has 0 atom stereocenters. The molecule has 2 rings (SSSR count). The van der Waals surface area contributed by atoms with Gasteiger partial charge in [0.15, 0.2) is 0 Å². The maximum Gasteiger partial charge on any atom is 0.0175 e. The monoisotopic (exact) mass is 259 g/mol. The molecule has 0 saturated heterocycles. The largest absolute Gasteiger partial charge is 0.0622 e. The average molecular weight is 260 g/mol. The molecule has 2 aromatic carbocycles. The van der Waals surface area contributed by atoms with Crippen molar-refractivity contribution >= 4 is 15.9 Å². The number of benzene rings is 2. The highest BCUT2D eigenvalue weighted by Gasteiger charge is 1.95. The number of rotatable bonds is 3. The fourth-order valence-corrected chi connectivity index (χ4v) is 1.71. The quantitative estimate of drug-likeness (QED) is 0.774. The van der Waals surface area contributed by atoms with Gasteiger partial charge in [-0.25, -0.2) is 0 Å². The molecule has 1 radical (unpaired) electrons. The molecule has 0 saturated carbocycles. The van der Waals surface area contributed by atoms with Crippen LogP contribution in [0.4, 0.5) is 0 Å². The van der Waals surface area contributed by atoms with Crippen molar-refractivity contribution in [2.24, 2.45) is 0 Å². The SMILES string of the molecule is Brc1ccc([CH]Cc2ccccc2)cc1. The molecule has 15 heavy (non-hydrogen) atoms. The van der Waals surface area contributed by atoms with Crippen LogP contribution in [-0.2, 0) is 6.42 Å². The summed E-state index contributed by atoms with van der Waals surface area (Å²) < 4.78 is 1.12. The van der Waals surface area contributed by atoms with Crippen LogP contribution in [0.2, 0.25) is 0 Å². The van der Waals surface area contributed by atoms with Gasteiger partial charge in [0.2, 0.25) is 0 Å². The van der Waals surface area contributed by atoms with Crippen molar-refractivity contribution in [3.8, 4) is 0 Å². The number of hydrogen-bond donors (Lipinski definition) is 0. The van der Waals surface area contributed by atoms with E-state index >= 15 is 0 Å². The van der Waals surface area contributed by atoms with Crippen molar-refractivity contribution in [1.29, 1.82) is 0 Å². The Labute approximate surface area is 99.1 Å². The highest BCUT2D eigenvalue weighted by molar-refractivity contribution is 9.10. The minimum atomic E-state index is 0.989. The van der Waals surface area contributed by atoms with E-state index in [1.165, 1.54) is 11.1 Å². The van der Waals surface area contributed by atoms with Crippen LogP contribution in [0.25, 0.3) is 0 Å². The molecule has 0 N–H and O–H groups in total. The summed E-state index contributed by atoms with van der Waals surface area (Å²) in [5.41, 5.74) is 2.61. The van der Waals surface area contributed by atoms with Crippen LogP contribution in [0.15, 0.2) is 59.1 Å². The van der Waals surface area contributed by atoms with Crippen LogP contribution in [-0.4, -0.2) is 0 Å². The van der Waals surface area contributed by atoms with Gasteiger partial charge in [0.1, 0.15) is 0 Å². The molecule has 0 spiro atoms. The molecule has 0 fully saturated rings. The van der Waals surface area contributed by atoms with E-state index in [4.69, 9.17) is 0 Å². The molecule has 75 valence electrons. The molecular formula is C14H12Br. The van der Waals surface area contributed by atoms with Crippen molar-refractivity contribution < 1.29 is 0 Å². The zero-order chi connectivity index (χ0) is 10.5. The fraction of sp³-hybridized carbons (Fsp3) is 0.0714. The molecule has 0 amide bonds. The second-order valence-corrected chi connectivity index (χ2v) is 4.36. The lowest BCUT2D eigenvalue weighted by Gasteiger charge is -2.01. The smallest absolute Gasteiger partial charge is 0.0175 e. The summed E-state index contributed by atoms with van der Waals surface area (Å²) in [4.78, 5) is 0. The van der Waals surface area contributed by atoms with Gasteiger partial charge in [-0.3, -0.25) is 0 Å². The van der Waals surface area contributed by atoms with Gasteiger partial charge in [0.25, 0.3) is 0 Å². The minimum Gasteiger partial charge on any atom is -0.0622 e. The van der Waals surface area contributed by atoms with E-state index < -0.39 is 0 Å². The van der Waals surface area contributed by atoms with Gasteiger partial charge in [0.05, 0.1) is 0 Å². The van der Waals surface area contributed by atoms with Crippen LogP contribution in [0.1, 0.15) is 11.1 Å². The maximum atomic E-state index is 3.43. The van der Waals surface area contributed by atoms with Crippen LogP contribution >= 0.6 is 15.9 Å². The third-order valence-electron chi connectivity index (χ3n) is 2.29. The molecule has 1 heteroatoms. The first-order valence-corrected chi connectivity index (χ1v) is 5.76. The van der Waals surface area contributed by atoms with Crippen molar-refractivity contribution in [2.45, 2.75) is 6.42 Å². The molecular weight excluding hydrogens is 248 g/mol. The molecule has 0 heterocycles. The van der Waals surface area contributed by atoms with Gasteiger partial charge in [0, 0.05) is 4.47 Å². The Kier molecular flexibility index (Phi) is 3.57. The van der Waals surface area contributed by atoms with Crippen LogP contribution in [0.5, 0.6) is 0 Å². The molecule has 0 aliphatic carbocycles. The minimum absolute atomic E-state index is 0.989. The van der Waals surface area contributed by atoms with E-state index in [1.54, 1.807) is 0 Å². The number of hydrogen-bond acceptors (Lipinski definition) is 0. The van der Waals surface area contributed by atoms with Gasteiger partial charge < -0.3 is 0 Å². The summed E-state index contributed by atoms with van der Waals surface area (Å²) in [6, 6.07) is 18.9. The zero-order valence-corrected chi connectivity index (χ0v) is 9.94. The van der Waals surface area contributed by atoms with Crippen molar-refractivity contribution in [3.63, 3.8) is 0 Å². The highest BCUT2D eigenvalue weighted by atomic mass is 79.9. The Bertz CT molecular complexity index is 403. The Hall–Kier alpha value is -1.08. The third-order valence-corrected chi connectivity index (χ3v) is 2.81. The van der Waals surface area contributed by atoms with E-state index in [0.717, 1.165) is 10.9 Å². The summed E-state index contributed by atoms with van der Waals surface area (Å²) in [5, 5.41) is 0. The Morgan fingerprint density at radius 2 is 1.53 bits per heavy atom. The summed E-state index contributed by atoms with van der Waals surface area (Å²) in [5.74, 6) is 0. The van der Waals surface area contributed by atoms with E-state index in [1.807, 2.05) is 6.07 Å². The van der Waals surface area contributed by atoms with Gasteiger partial charge in [-0.1, -0.05) is 58.4 Å². The average Bonchev–Trinajstić information content (AvgIpc) is 2.30. The third kappa shape index (κ3) is 3.21. The summed E-state index contributed by atoms with van der Waals surface area (Å²) in [6.45, 7) is 0. The maximum absolute atomic E-state index is 3.43. The Balaban J connectivity index is 1.96. The van der Waals surface area contributed by atoms with E-state index in [2.05, 4.69) is 70.9 Å². The summed E-state index contributed by atoms with van der Waals surface area (Å²) in [6.07, 6.45) is 3.23. The van der Waals surface area contributed by atoms with Crippen molar-refractivity contribution in [1.82, 2.24) is 0 Å². The molecule has 0 unspecified atom stereocenters. The Morgan fingerprint density at radius 1 is 0.867 bits per heavy atom. The molecule has 0 aliphatic heterocycles. The van der Waals surface area contributed by atoms with Gasteiger partial charge >= 0.3 is 0 Å². The molecule has 0 bridgehead atoms. The predicted molar refractivity (Wildman–Crippen MR) is 67.7 cm³/mol. The van der Waals surface area contributed by atoms with Crippen molar-refractivity contribution in [2.75, 3.05) is 0 Å². The summed E-state index contributed by atoms with van der Waals surface area (Å²) in [7, 11) is 0. The fourth-order valence-electron chi connectivity index (χ4n) is 1.45. The molecule has 2 aromatic rings. The van der Waals surface area contributed by atoms with Gasteiger partial charge in [-0.15, -0.1) is 0 Å². The second-order valence-electron chi connectivity index (χ2n) is 3.45. The van der Waals surface area contributed by atoms with Gasteiger partial charge in [-0.2, -0.15) is 0 Å². The van der Waals surface area contributed by atoms with E-state index in [0.29, 0.717) is 0 Å². The molecule has 0 aliphatic rings. The van der Waals surface area contributed by atoms with Crippen molar-refractivity contribution in [3.05, 3.63) is 76.6 Å². The topological polar surface area (TPSA) is 0 Å². The predicted octanol–water partition coefficient (Wildman–Crippen LogP) is 4.24. The zero-order valence-electron chi connectivity index (χ0n) is 8.36. The Morgan fingerprint density at radius 3 is 2.20 bits per heavy atom. The van der Waals surface area contributed by atoms with Crippen LogP contribution < -0.4 is 0 Å². The van der Waals surface area contributed by atoms with E-state index in [9.17, 15) is 0 Å². The van der Waals surface area contributed by atoms with E-state index in [-0.39, 0.29) is 0 Å². The second kappa shape index (κ2) is 5.13. The first-order chi connectivity index (χ1) is 7.34. The summed E-state index contributed by atoms with van der Waals surface area (Å²) >= 11 is 3.43. The van der Waals surface area contributed by atoms with Crippen LogP contribution in [0, 0.1) is 6.42 Å². The molecule has 0 aromatic heterocycles. The van der Waals surface area contributed by atoms with Crippen LogP contribution in [0.3, 0.4) is 0 Å². The lowest BCUT2D eigenvalue weighted by atomic mass is 10.0. The lowest BCUT2D eigenvalue weighted by Crippen LogP contribution is -1.87. The van der Waals surface area contributed by atoms with Gasteiger partial charge in [-0.05, 0) is 36.1 Å². The standard InChI is InChI=1S/C14H12Br/c15-14-10-8-13(9-11-14)7-6-12-4-2-1-3-5-12/h1-5,7-11H,6H2. The number of halogens is 1. The first-order valence-electron chi connectivity index (χ1n) is 4.97.